The fourth-order valence-corrected chi connectivity index (χ4v) is 1.92. The summed E-state index contributed by atoms with van der Waals surface area (Å²) in [7, 11) is 0. The molecule has 0 aromatic rings. The topological polar surface area (TPSA) is 89.9 Å². The zero-order valence-corrected chi connectivity index (χ0v) is 12.0. The van der Waals surface area contributed by atoms with Gasteiger partial charge in [-0.25, -0.2) is 9.59 Å². The fraction of sp³-hybridized carbons (Fsp3) is 0.846. The smallest absolute Gasteiger partial charge is 0.326 e. The molecule has 6 heteroatoms. The Kier molecular flexibility index (Phi) is 4.79. The lowest BCUT2D eigenvalue weighted by molar-refractivity contribution is -0.141. The van der Waals surface area contributed by atoms with Crippen LogP contribution < -0.4 is 5.32 Å². The number of carbonyl (C=O) groups is 2. The lowest BCUT2D eigenvalue weighted by atomic mass is 9.82. The van der Waals surface area contributed by atoms with Gasteiger partial charge in [-0.05, 0) is 11.3 Å². The third-order valence-electron chi connectivity index (χ3n) is 3.86. The third-order valence-corrected chi connectivity index (χ3v) is 3.86. The van der Waals surface area contributed by atoms with Crippen LogP contribution in [-0.2, 0) is 4.79 Å². The minimum absolute atomic E-state index is 0.0734. The van der Waals surface area contributed by atoms with Crippen molar-refractivity contribution in [1.82, 2.24) is 10.2 Å². The van der Waals surface area contributed by atoms with Crippen LogP contribution in [0, 0.1) is 11.3 Å². The molecule has 19 heavy (non-hydrogen) atoms. The van der Waals surface area contributed by atoms with Crippen LogP contribution in [0.15, 0.2) is 0 Å². The normalized spacial score (nSPS) is 25.2. The van der Waals surface area contributed by atoms with Gasteiger partial charge in [0.15, 0.2) is 0 Å². The lowest BCUT2D eigenvalue weighted by Gasteiger charge is -2.29. The van der Waals surface area contributed by atoms with E-state index in [1.807, 2.05) is 6.92 Å². The standard InChI is InChI=1S/C13H24N2O4/c1-8(13(2,3)4)6-14-12(19)15-7-9(16)5-10(15)11(17)18/h8-10,16H,5-7H2,1-4H3,(H,14,19)(H,17,18)/t8?,9-,10-/m1/s1. The SMILES string of the molecule is CC(CNC(=O)N1C[C@H](O)C[C@@H]1C(=O)O)C(C)(C)C. The highest BCUT2D eigenvalue weighted by Gasteiger charge is 2.39. The van der Waals surface area contributed by atoms with Crippen molar-refractivity contribution in [3.8, 4) is 0 Å². The maximum Gasteiger partial charge on any atom is 0.326 e. The molecule has 1 aliphatic rings. The highest BCUT2D eigenvalue weighted by atomic mass is 16.4. The van der Waals surface area contributed by atoms with Gasteiger partial charge in [-0.2, -0.15) is 0 Å². The summed E-state index contributed by atoms with van der Waals surface area (Å²) in [5, 5.41) is 21.3. The molecule has 1 fully saturated rings. The first-order valence-electron chi connectivity index (χ1n) is 6.58. The van der Waals surface area contributed by atoms with E-state index in [1.54, 1.807) is 0 Å². The van der Waals surface area contributed by atoms with Gasteiger partial charge in [0.1, 0.15) is 6.04 Å². The summed E-state index contributed by atoms with van der Waals surface area (Å²) >= 11 is 0. The van der Waals surface area contributed by atoms with Crippen LogP contribution in [0.25, 0.3) is 0 Å². The summed E-state index contributed by atoms with van der Waals surface area (Å²) in [5.74, 6) is -0.803. The number of aliphatic hydroxyl groups excluding tert-OH is 1. The van der Waals surface area contributed by atoms with Crippen LogP contribution >= 0.6 is 0 Å². The van der Waals surface area contributed by atoms with Gasteiger partial charge in [0.05, 0.1) is 6.10 Å². The van der Waals surface area contributed by atoms with E-state index in [1.165, 1.54) is 4.90 Å². The Morgan fingerprint density at radius 2 is 2.00 bits per heavy atom. The summed E-state index contributed by atoms with van der Waals surface area (Å²) in [6, 6.07) is -1.35. The van der Waals surface area contributed by atoms with Gasteiger partial charge in [-0.1, -0.05) is 27.7 Å². The molecule has 0 spiro atoms. The molecule has 1 rings (SSSR count). The first kappa shape index (κ1) is 15.8. The number of likely N-dealkylation sites (tertiary alicyclic amines) is 1. The summed E-state index contributed by atoms with van der Waals surface area (Å²) in [6.45, 7) is 8.86. The van der Waals surface area contributed by atoms with Crippen LogP contribution in [0.1, 0.15) is 34.1 Å². The van der Waals surface area contributed by atoms with Crippen molar-refractivity contribution in [2.75, 3.05) is 13.1 Å². The second kappa shape index (κ2) is 5.77. The second-order valence-corrected chi connectivity index (χ2v) is 6.35. The summed E-state index contributed by atoms with van der Waals surface area (Å²) in [4.78, 5) is 24.2. The van der Waals surface area contributed by atoms with Gasteiger partial charge in [-0.3, -0.25) is 0 Å². The Morgan fingerprint density at radius 3 is 2.47 bits per heavy atom. The van der Waals surface area contributed by atoms with E-state index >= 15 is 0 Å². The molecule has 0 radical (unpaired) electrons. The molecule has 110 valence electrons. The Balaban J connectivity index is 2.56. The minimum atomic E-state index is -1.07. The Morgan fingerprint density at radius 1 is 1.42 bits per heavy atom. The van der Waals surface area contributed by atoms with Gasteiger partial charge in [0, 0.05) is 19.5 Å². The first-order valence-corrected chi connectivity index (χ1v) is 6.58. The van der Waals surface area contributed by atoms with E-state index in [2.05, 4.69) is 26.1 Å². The summed E-state index contributed by atoms with van der Waals surface area (Å²) in [5.41, 5.74) is 0.0734. The number of hydrogen-bond donors (Lipinski definition) is 3. The summed E-state index contributed by atoms with van der Waals surface area (Å²) < 4.78 is 0. The Labute approximate surface area is 113 Å². The number of aliphatic hydroxyl groups is 1. The monoisotopic (exact) mass is 272 g/mol. The number of nitrogens with zero attached hydrogens (tertiary/aromatic N) is 1. The number of carboxylic acids is 1. The van der Waals surface area contributed by atoms with E-state index in [9.17, 15) is 14.7 Å². The molecule has 0 bridgehead atoms. The zero-order valence-electron chi connectivity index (χ0n) is 12.0. The quantitative estimate of drug-likeness (QED) is 0.712. The number of urea groups is 1. The predicted molar refractivity (Wildman–Crippen MR) is 70.8 cm³/mol. The molecular weight excluding hydrogens is 248 g/mol. The number of β-amino-alcohol motifs (C(OH)–C–C–N with tert-alkyl or cyclic N) is 1. The molecule has 0 saturated carbocycles. The molecule has 6 nitrogen and oxygen atoms in total. The number of amides is 2. The summed E-state index contributed by atoms with van der Waals surface area (Å²) in [6.07, 6.45) is -0.663. The zero-order chi connectivity index (χ0) is 14.8. The molecule has 0 aromatic heterocycles. The fourth-order valence-electron chi connectivity index (χ4n) is 1.92. The van der Waals surface area contributed by atoms with Gasteiger partial charge < -0.3 is 20.4 Å². The van der Waals surface area contributed by atoms with Crippen molar-refractivity contribution >= 4 is 12.0 Å². The van der Waals surface area contributed by atoms with Gasteiger partial charge in [0.2, 0.25) is 0 Å². The Bertz CT molecular complexity index is 351. The van der Waals surface area contributed by atoms with Crippen LogP contribution in [-0.4, -0.2) is 52.3 Å². The number of rotatable bonds is 3. The molecular formula is C13H24N2O4. The lowest BCUT2D eigenvalue weighted by Crippen LogP contribution is -2.47. The van der Waals surface area contributed by atoms with E-state index in [4.69, 9.17) is 5.11 Å². The molecule has 0 aliphatic carbocycles. The largest absolute Gasteiger partial charge is 0.480 e. The number of aliphatic carboxylic acids is 1. The molecule has 2 amide bonds. The molecule has 1 aliphatic heterocycles. The van der Waals surface area contributed by atoms with Gasteiger partial charge in [0.25, 0.3) is 0 Å². The van der Waals surface area contributed by atoms with E-state index in [0.717, 1.165) is 0 Å². The molecule has 1 saturated heterocycles. The van der Waals surface area contributed by atoms with Gasteiger partial charge >= 0.3 is 12.0 Å². The molecule has 0 aromatic carbocycles. The maximum atomic E-state index is 12.0. The number of carbonyl (C=O) groups excluding carboxylic acids is 1. The minimum Gasteiger partial charge on any atom is -0.480 e. The van der Waals surface area contributed by atoms with Crippen molar-refractivity contribution in [1.29, 1.82) is 0 Å². The van der Waals surface area contributed by atoms with Crippen molar-refractivity contribution in [3.63, 3.8) is 0 Å². The highest BCUT2D eigenvalue weighted by molar-refractivity contribution is 5.83. The Hall–Kier alpha value is -1.30. The third kappa shape index (κ3) is 4.09. The van der Waals surface area contributed by atoms with Crippen LogP contribution in [0.4, 0.5) is 4.79 Å². The van der Waals surface area contributed by atoms with Crippen LogP contribution in [0.3, 0.4) is 0 Å². The van der Waals surface area contributed by atoms with Crippen molar-refractivity contribution < 1.29 is 19.8 Å². The van der Waals surface area contributed by atoms with Crippen molar-refractivity contribution in [2.24, 2.45) is 11.3 Å². The molecule has 3 N–H and O–H groups in total. The maximum absolute atomic E-state index is 12.0. The molecule has 1 heterocycles. The average Bonchev–Trinajstić information content (AvgIpc) is 2.66. The first-order chi connectivity index (χ1) is 8.62. The van der Waals surface area contributed by atoms with Crippen LogP contribution in [0.2, 0.25) is 0 Å². The van der Waals surface area contributed by atoms with Gasteiger partial charge in [-0.15, -0.1) is 0 Å². The predicted octanol–water partition coefficient (Wildman–Crippen LogP) is 0.898. The molecule has 1 unspecified atom stereocenters. The van der Waals surface area contributed by atoms with Crippen molar-refractivity contribution in [3.05, 3.63) is 0 Å². The number of carboxylic acid groups (broad SMARTS) is 1. The highest BCUT2D eigenvalue weighted by Crippen LogP contribution is 2.24. The van der Waals surface area contributed by atoms with E-state index in [-0.39, 0.29) is 24.3 Å². The van der Waals surface area contributed by atoms with E-state index < -0.39 is 24.1 Å². The van der Waals surface area contributed by atoms with Crippen LogP contribution in [0.5, 0.6) is 0 Å². The number of hydrogen-bond acceptors (Lipinski definition) is 3. The second-order valence-electron chi connectivity index (χ2n) is 6.35. The van der Waals surface area contributed by atoms with E-state index in [0.29, 0.717) is 6.54 Å². The molecule has 3 atom stereocenters. The number of nitrogens with one attached hydrogen (secondary N) is 1. The van der Waals surface area contributed by atoms with Crippen molar-refractivity contribution in [2.45, 2.75) is 46.3 Å². The average molecular weight is 272 g/mol.